The van der Waals surface area contributed by atoms with E-state index in [9.17, 15) is 4.39 Å². The first kappa shape index (κ1) is 29.0. The molecule has 2 N–H and O–H groups in total. The molecule has 0 saturated carbocycles. The maximum Gasteiger partial charge on any atom is 0.123 e. The minimum Gasteiger partial charge on any atom is -0.328 e. The summed E-state index contributed by atoms with van der Waals surface area (Å²) in [7, 11) is 0. The first-order valence-corrected chi connectivity index (χ1v) is 13.8. The fourth-order valence-electron chi connectivity index (χ4n) is 5.01. The van der Waals surface area contributed by atoms with E-state index in [1.54, 1.807) is 12.1 Å². The molecule has 1 aliphatic rings. The summed E-state index contributed by atoms with van der Waals surface area (Å²) in [5.41, 5.74) is 14.0. The van der Waals surface area contributed by atoms with E-state index in [1.807, 2.05) is 12.1 Å². The van der Waals surface area contributed by atoms with Crippen molar-refractivity contribution >= 4 is 0 Å². The highest BCUT2D eigenvalue weighted by atomic mass is 19.1. The third kappa shape index (κ3) is 10.5. The lowest BCUT2D eigenvalue weighted by Crippen LogP contribution is -2.14. The van der Waals surface area contributed by atoms with Crippen LogP contribution in [0.4, 0.5) is 4.39 Å². The zero-order chi connectivity index (χ0) is 25.6. The van der Waals surface area contributed by atoms with Gasteiger partial charge in [0.25, 0.3) is 0 Å². The summed E-state index contributed by atoms with van der Waals surface area (Å²) in [4.78, 5) is 0. The summed E-state index contributed by atoms with van der Waals surface area (Å²) in [6, 6.07) is 7.32. The number of rotatable bonds is 16. The smallest absolute Gasteiger partial charge is 0.123 e. The average molecular weight is 478 g/mol. The first-order chi connectivity index (χ1) is 16.8. The lowest BCUT2D eigenvalue weighted by molar-refractivity contribution is 0.423. The van der Waals surface area contributed by atoms with Gasteiger partial charge >= 0.3 is 0 Å². The molecule has 1 aliphatic carbocycles. The van der Waals surface area contributed by atoms with E-state index in [2.05, 4.69) is 58.6 Å². The van der Waals surface area contributed by atoms with Crippen molar-refractivity contribution < 1.29 is 4.39 Å². The lowest BCUT2D eigenvalue weighted by atomic mass is 9.82. The molecule has 2 rings (SSSR count). The van der Waals surface area contributed by atoms with Crippen LogP contribution in [0.25, 0.3) is 0 Å². The van der Waals surface area contributed by atoms with Gasteiger partial charge in [0.05, 0.1) is 0 Å². The number of benzene rings is 1. The Kier molecular flexibility index (Phi) is 13.1. The largest absolute Gasteiger partial charge is 0.328 e. The van der Waals surface area contributed by atoms with Gasteiger partial charge in [-0.3, -0.25) is 0 Å². The molecule has 2 heteroatoms. The van der Waals surface area contributed by atoms with E-state index in [0.29, 0.717) is 5.92 Å². The van der Waals surface area contributed by atoms with Crippen molar-refractivity contribution in [1.82, 2.24) is 0 Å². The molecule has 0 heterocycles. The van der Waals surface area contributed by atoms with E-state index in [1.165, 1.54) is 65.5 Å². The molecular weight excluding hydrogens is 429 g/mol. The Hall–Kier alpha value is -2.19. The van der Waals surface area contributed by atoms with Crippen LogP contribution in [0.15, 0.2) is 83.0 Å². The Morgan fingerprint density at radius 3 is 2.43 bits per heavy atom. The normalized spacial score (nSPS) is 17.2. The molecular formula is C33H48FN. The highest BCUT2D eigenvalue weighted by Gasteiger charge is 2.17. The molecule has 0 bridgehead atoms. The van der Waals surface area contributed by atoms with Gasteiger partial charge in [-0.2, -0.15) is 0 Å². The maximum absolute atomic E-state index is 13.3. The summed E-state index contributed by atoms with van der Waals surface area (Å²) in [5, 5.41) is 0. The third-order valence-electron chi connectivity index (χ3n) is 7.11. The molecule has 35 heavy (non-hydrogen) atoms. The second-order valence-corrected chi connectivity index (χ2v) is 10.4. The summed E-state index contributed by atoms with van der Waals surface area (Å²) < 4.78 is 13.3. The van der Waals surface area contributed by atoms with Crippen molar-refractivity contribution in [3.63, 3.8) is 0 Å². The Bertz CT molecular complexity index is 911. The SMILES string of the molecule is C=C(CCCC(C)N)C1=CC\C1=C/C(CCCCC(CCC)Cc1ccc(F)cc1)=C(C)\C=C\C. The molecule has 2 atom stereocenters. The van der Waals surface area contributed by atoms with Crippen LogP contribution in [0.3, 0.4) is 0 Å². The molecule has 1 aromatic rings. The van der Waals surface area contributed by atoms with Crippen LogP contribution in [0.2, 0.25) is 0 Å². The minimum atomic E-state index is -0.149. The molecule has 2 unspecified atom stereocenters. The zero-order valence-electron chi connectivity index (χ0n) is 22.7. The molecule has 0 spiro atoms. The molecule has 192 valence electrons. The van der Waals surface area contributed by atoms with Crippen molar-refractivity contribution in [2.24, 2.45) is 11.7 Å². The molecule has 0 fully saturated rings. The third-order valence-corrected chi connectivity index (χ3v) is 7.11. The monoisotopic (exact) mass is 477 g/mol. The van der Waals surface area contributed by atoms with Gasteiger partial charge in [0, 0.05) is 6.04 Å². The first-order valence-electron chi connectivity index (χ1n) is 13.8. The average Bonchev–Trinajstić information content (AvgIpc) is 2.79. The summed E-state index contributed by atoms with van der Waals surface area (Å²) in [6.45, 7) is 13.0. The Morgan fingerprint density at radius 2 is 1.83 bits per heavy atom. The summed E-state index contributed by atoms with van der Waals surface area (Å²) in [6.07, 6.45) is 21.6. The predicted molar refractivity (Wildman–Crippen MR) is 152 cm³/mol. The predicted octanol–water partition coefficient (Wildman–Crippen LogP) is 9.57. The number of allylic oxidation sites excluding steroid dienone is 9. The van der Waals surface area contributed by atoms with Crippen molar-refractivity contribution in [3.05, 3.63) is 94.4 Å². The molecule has 1 aromatic carbocycles. The fourth-order valence-corrected chi connectivity index (χ4v) is 5.01. The highest BCUT2D eigenvalue weighted by Crippen LogP contribution is 2.36. The number of hydrogen-bond donors (Lipinski definition) is 1. The quantitative estimate of drug-likeness (QED) is 0.186. The van der Waals surface area contributed by atoms with E-state index < -0.39 is 0 Å². The van der Waals surface area contributed by atoms with E-state index in [0.717, 1.165) is 38.5 Å². The van der Waals surface area contributed by atoms with E-state index in [-0.39, 0.29) is 11.9 Å². The van der Waals surface area contributed by atoms with Gasteiger partial charge in [0.1, 0.15) is 5.82 Å². The van der Waals surface area contributed by atoms with Crippen LogP contribution in [-0.4, -0.2) is 6.04 Å². The van der Waals surface area contributed by atoms with Gasteiger partial charge < -0.3 is 5.73 Å². The van der Waals surface area contributed by atoms with Crippen LogP contribution in [0.1, 0.15) is 97.5 Å². The lowest BCUT2D eigenvalue weighted by Gasteiger charge is -2.23. The number of unbranched alkanes of at least 4 members (excludes halogenated alkanes) is 1. The van der Waals surface area contributed by atoms with Crippen molar-refractivity contribution in [2.75, 3.05) is 0 Å². The van der Waals surface area contributed by atoms with Crippen molar-refractivity contribution in [2.45, 2.75) is 104 Å². The van der Waals surface area contributed by atoms with Crippen LogP contribution < -0.4 is 5.73 Å². The van der Waals surface area contributed by atoms with Crippen molar-refractivity contribution in [3.8, 4) is 0 Å². The Balaban J connectivity index is 1.94. The second-order valence-electron chi connectivity index (χ2n) is 10.4. The summed E-state index contributed by atoms with van der Waals surface area (Å²) >= 11 is 0. The maximum atomic E-state index is 13.3. The van der Waals surface area contributed by atoms with E-state index >= 15 is 0 Å². The number of nitrogens with two attached hydrogens (primary N) is 1. The van der Waals surface area contributed by atoms with Crippen LogP contribution in [0, 0.1) is 11.7 Å². The van der Waals surface area contributed by atoms with Crippen LogP contribution in [0.5, 0.6) is 0 Å². The zero-order valence-corrected chi connectivity index (χ0v) is 22.7. The standard InChI is InChI=1S/C33H48FN/c1-6-11-25(3)30(24-31-19-22-33(31)26(4)13-10-14-27(5)35)16-9-8-15-28(12-7-2)23-29-17-20-32(34)21-18-29/h6,11,17-18,20-22,24,27-28H,4,7-10,12-16,19,23,35H2,1-3,5H3/b11-6+,30-25-,31-24+. The van der Waals surface area contributed by atoms with Gasteiger partial charge in [0.2, 0.25) is 0 Å². The Labute approximate surface area is 214 Å². The molecule has 1 nitrogen and oxygen atoms in total. The highest BCUT2D eigenvalue weighted by molar-refractivity contribution is 5.56. The molecule has 0 amide bonds. The number of hydrogen-bond acceptors (Lipinski definition) is 1. The van der Waals surface area contributed by atoms with Crippen molar-refractivity contribution in [1.29, 1.82) is 0 Å². The van der Waals surface area contributed by atoms with Crippen LogP contribution >= 0.6 is 0 Å². The topological polar surface area (TPSA) is 26.0 Å². The Morgan fingerprint density at radius 1 is 1.09 bits per heavy atom. The molecule has 0 aromatic heterocycles. The van der Waals surface area contributed by atoms with E-state index in [4.69, 9.17) is 5.73 Å². The van der Waals surface area contributed by atoms with Gasteiger partial charge in [-0.15, -0.1) is 0 Å². The van der Waals surface area contributed by atoms with Gasteiger partial charge in [-0.1, -0.05) is 75.6 Å². The minimum absolute atomic E-state index is 0.149. The van der Waals surface area contributed by atoms with Gasteiger partial charge in [-0.25, -0.2) is 4.39 Å². The molecule has 0 saturated heterocycles. The van der Waals surface area contributed by atoms with Gasteiger partial charge in [0.15, 0.2) is 0 Å². The molecule has 0 radical (unpaired) electrons. The fraction of sp³-hybridized carbons (Fsp3) is 0.515. The summed E-state index contributed by atoms with van der Waals surface area (Å²) in [5.74, 6) is 0.525. The van der Waals surface area contributed by atoms with Gasteiger partial charge in [-0.05, 0) is 117 Å². The second kappa shape index (κ2) is 15.7. The number of halogens is 1. The van der Waals surface area contributed by atoms with Crippen LogP contribution in [-0.2, 0) is 6.42 Å². The molecule has 0 aliphatic heterocycles.